The van der Waals surface area contributed by atoms with E-state index in [2.05, 4.69) is 5.32 Å². The molecule has 3 aromatic rings. The van der Waals surface area contributed by atoms with Crippen LogP contribution in [0, 0.1) is 0 Å². The summed E-state index contributed by atoms with van der Waals surface area (Å²) >= 11 is 2.87. The topological polar surface area (TPSA) is 73.1 Å². The standard InChI is InChI=1S/C18H19N3O3S2/c1-3-8-20-17(23)16-14(7-9-26-16)21(18(20)24)11-15(22)19-12-5-4-6-13(10-12)25-2/h4-7,9-10H,3,8,11H2,1-2H3,(H,19,22). The first-order valence-corrected chi connectivity index (χ1v) is 10.3. The van der Waals surface area contributed by atoms with E-state index in [1.54, 1.807) is 29.3 Å². The Labute approximate surface area is 158 Å². The van der Waals surface area contributed by atoms with Gasteiger partial charge in [0.1, 0.15) is 11.2 Å². The van der Waals surface area contributed by atoms with E-state index in [9.17, 15) is 14.4 Å². The number of fused-ring (bicyclic) bond motifs is 1. The summed E-state index contributed by atoms with van der Waals surface area (Å²) in [6.07, 6.45) is 2.63. The molecule has 0 spiro atoms. The van der Waals surface area contributed by atoms with Gasteiger partial charge in [0, 0.05) is 17.1 Å². The number of aromatic nitrogens is 2. The molecule has 0 radical (unpaired) electrons. The van der Waals surface area contributed by atoms with E-state index >= 15 is 0 Å². The van der Waals surface area contributed by atoms with E-state index < -0.39 is 5.69 Å². The molecule has 0 saturated carbocycles. The number of benzene rings is 1. The largest absolute Gasteiger partial charge is 0.332 e. The monoisotopic (exact) mass is 389 g/mol. The molecular formula is C18H19N3O3S2. The normalized spacial score (nSPS) is 11.0. The van der Waals surface area contributed by atoms with Gasteiger partial charge in [0.25, 0.3) is 5.56 Å². The van der Waals surface area contributed by atoms with Crippen LogP contribution in [0.2, 0.25) is 0 Å². The van der Waals surface area contributed by atoms with Crippen LogP contribution in [0.3, 0.4) is 0 Å². The van der Waals surface area contributed by atoms with Gasteiger partial charge in [-0.05, 0) is 42.3 Å². The third kappa shape index (κ3) is 3.61. The first-order chi connectivity index (χ1) is 12.5. The molecular weight excluding hydrogens is 370 g/mol. The number of nitrogens with zero attached hydrogens (tertiary/aromatic N) is 2. The highest BCUT2D eigenvalue weighted by molar-refractivity contribution is 7.98. The van der Waals surface area contributed by atoms with Gasteiger partial charge in [-0.25, -0.2) is 4.79 Å². The zero-order chi connectivity index (χ0) is 18.7. The van der Waals surface area contributed by atoms with Gasteiger partial charge >= 0.3 is 5.69 Å². The second kappa shape index (κ2) is 7.92. The van der Waals surface area contributed by atoms with Crippen molar-refractivity contribution >= 4 is 44.9 Å². The summed E-state index contributed by atoms with van der Waals surface area (Å²) in [6, 6.07) is 9.22. The average molecular weight is 390 g/mol. The van der Waals surface area contributed by atoms with Gasteiger partial charge in [-0.1, -0.05) is 13.0 Å². The summed E-state index contributed by atoms with van der Waals surface area (Å²) in [7, 11) is 0. The van der Waals surface area contributed by atoms with Gasteiger partial charge in [-0.2, -0.15) is 0 Å². The summed E-state index contributed by atoms with van der Waals surface area (Å²) in [5, 5.41) is 4.58. The second-order valence-electron chi connectivity index (χ2n) is 5.74. The van der Waals surface area contributed by atoms with Crippen LogP contribution in [0.4, 0.5) is 5.69 Å². The number of nitrogens with one attached hydrogen (secondary N) is 1. The maximum Gasteiger partial charge on any atom is 0.332 e. The van der Waals surface area contributed by atoms with Crippen LogP contribution in [0.25, 0.3) is 10.2 Å². The van der Waals surface area contributed by atoms with E-state index in [-0.39, 0.29) is 18.0 Å². The molecule has 0 atom stereocenters. The fraction of sp³-hybridized carbons (Fsp3) is 0.278. The minimum Gasteiger partial charge on any atom is -0.324 e. The smallest absolute Gasteiger partial charge is 0.324 e. The van der Waals surface area contributed by atoms with Crippen LogP contribution in [-0.2, 0) is 17.9 Å². The Morgan fingerprint density at radius 1 is 1.23 bits per heavy atom. The molecule has 2 heterocycles. The zero-order valence-electron chi connectivity index (χ0n) is 14.5. The number of hydrogen-bond acceptors (Lipinski definition) is 5. The Morgan fingerprint density at radius 3 is 2.77 bits per heavy atom. The van der Waals surface area contributed by atoms with Crippen LogP contribution in [0.15, 0.2) is 50.2 Å². The van der Waals surface area contributed by atoms with Crippen molar-refractivity contribution in [1.29, 1.82) is 0 Å². The molecule has 1 amide bonds. The van der Waals surface area contributed by atoms with Crippen molar-refractivity contribution in [2.75, 3.05) is 11.6 Å². The lowest BCUT2D eigenvalue weighted by Crippen LogP contribution is -2.41. The number of anilines is 1. The highest BCUT2D eigenvalue weighted by atomic mass is 32.2. The fourth-order valence-electron chi connectivity index (χ4n) is 2.75. The number of thiophene rings is 1. The molecule has 1 N–H and O–H groups in total. The van der Waals surface area contributed by atoms with E-state index in [1.165, 1.54) is 20.5 Å². The summed E-state index contributed by atoms with van der Waals surface area (Å²) in [5.41, 5.74) is 0.450. The molecule has 6 nitrogen and oxygen atoms in total. The second-order valence-corrected chi connectivity index (χ2v) is 7.54. The maximum atomic E-state index is 12.7. The molecule has 0 aliphatic rings. The van der Waals surface area contributed by atoms with Crippen LogP contribution in [-0.4, -0.2) is 21.3 Å². The minimum absolute atomic E-state index is 0.139. The predicted molar refractivity (Wildman–Crippen MR) is 107 cm³/mol. The van der Waals surface area contributed by atoms with E-state index in [1.807, 2.05) is 31.4 Å². The molecule has 0 bridgehead atoms. The predicted octanol–water partition coefficient (Wildman–Crippen LogP) is 3.00. The lowest BCUT2D eigenvalue weighted by atomic mass is 10.3. The van der Waals surface area contributed by atoms with Crippen molar-refractivity contribution < 1.29 is 4.79 Å². The number of carbonyl (C=O) groups excluding carboxylic acids is 1. The zero-order valence-corrected chi connectivity index (χ0v) is 16.2. The lowest BCUT2D eigenvalue weighted by molar-refractivity contribution is -0.116. The molecule has 26 heavy (non-hydrogen) atoms. The van der Waals surface area contributed by atoms with Crippen LogP contribution in [0.5, 0.6) is 0 Å². The number of carbonyl (C=O) groups is 1. The van der Waals surface area contributed by atoms with Crippen molar-refractivity contribution in [3.05, 3.63) is 56.5 Å². The molecule has 0 saturated heterocycles. The Hall–Kier alpha value is -2.32. The van der Waals surface area contributed by atoms with Crippen LogP contribution in [0.1, 0.15) is 13.3 Å². The molecule has 0 fully saturated rings. The fourth-order valence-corrected chi connectivity index (χ4v) is 4.05. The first kappa shape index (κ1) is 18.5. The van der Waals surface area contributed by atoms with Gasteiger partial charge in [0.05, 0.1) is 5.52 Å². The van der Waals surface area contributed by atoms with Crippen molar-refractivity contribution in [3.63, 3.8) is 0 Å². The highest BCUT2D eigenvalue weighted by Gasteiger charge is 2.16. The summed E-state index contributed by atoms with van der Waals surface area (Å²) in [6.45, 7) is 2.10. The highest BCUT2D eigenvalue weighted by Crippen LogP contribution is 2.19. The van der Waals surface area contributed by atoms with Gasteiger partial charge in [0.2, 0.25) is 5.91 Å². The van der Waals surface area contributed by atoms with Gasteiger partial charge in [-0.3, -0.25) is 18.7 Å². The van der Waals surface area contributed by atoms with Crippen molar-refractivity contribution in [2.45, 2.75) is 31.3 Å². The number of rotatable bonds is 6. The minimum atomic E-state index is -0.448. The Kier molecular flexibility index (Phi) is 5.63. The third-order valence-electron chi connectivity index (χ3n) is 3.94. The third-order valence-corrected chi connectivity index (χ3v) is 5.56. The van der Waals surface area contributed by atoms with Gasteiger partial charge in [0.15, 0.2) is 0 Å². The van der Waals surface area contributed by atoms with Crippen molar-refractivity contribution in [2.24, 2.45) is 0 Å². The molecule has 136 valence electrons. The van der Waals surface area contributed by atoms with Crippen LogP contribution >= 0.6 is 23.1 Å². The summed E-state index contributed by atoms with van der Waals surface area (Å²) in [5.74, 6) is -0.306. The molecule has 1 aromatic carbocycles. The first-order valence-electron chi connectivity index (χ1n) is 8.20. The number of amides is 1. The number of thioether (sulfide) groups is 1. The quantitative estimate of drug-likeness (QED) is 0.658. The molecule has 2 aromatic heterocycles. The van der Waals surface area contributed by atoms with Crippen molar-refractivity contribution in [1.82, 2.24) is 9.13 Å². The Bertz CT molecular complexity index is 1070. The molecule has 0 aliphatic heterocycles. The molecule has 3 rings (SSSR count). The molecule has 0 aliphatic carbocycles. The van der Waals surface area contributed by atoms with Gasteiger partial charge in [-0.15, -0.1) is 23.1 Å². The molecule has 8 heteroatoms. The van der Waals surface area contributed by atoms with E-state index in [0.29, 0.717) is 28.9 Å². The van der Waals surface area contributed by atoms with E-state index in [4.69, 9.17) is 0 Å². The van der Waals surface area contributed by atoms with E-state index in [0.717, 1.165) is 4.90 Å². The number of hydrogen-bond donors (Lipinski definition) is 1. The Morgan fingerprint density at radius 2 is 2.04 bits per heavy atom. The van der Waals surface area contributed by atoms with Gasteiger partial charge < -0.3 is 5.32 Å². The SMILES string of the molecule is CCCn1c(=O)c2sccc2n(CC(=O)Nc2cccc(SC)c2)c1=O. The van der Waals surface area contributed by atoms with Crippen molar-refractivity contribution in [3.8, 4) is 0 Å². The van der Waals surface area contributed by atoms with Crippen LogP contribution < -0.4 is 16.6 Å². The summed E-state index contributed by atoms with van der Waals surface area (Å²) < 4.78 is 3.08. The lowest BCUT2D eigenvalue weighted by Gasteiger charge is -2.12. The Balaban J connectivity index is 1.95. The summed E-state index contributed by atoms with van der Waals surface area (Å²) in [4.78, 5) is 38.7. The maximum absolute atomic E-state index is 12.7. The average Bonchev–Trinajstić information content (AvgIpc) is 3.12. The molecule has 0 unspecified atom stereocenters.